The van der Waals surface area contributed by atoms with Gasteiger partial charge in [0, 0.05) is 9.89 Å². The van der Waals surface area contributed by atoms with Crippen molar-refractivity contribution >= 4 is 15.9 Å². The van der Waals surface area contributed by atoms with E-state index in [0.717, 1.165) is 35.0 Å². The monoisotopic (exact) mass is 312 g/mol. The maximum Gasteiger partial charge on any atom is 0.120 e. The molecule has 1 N–H and O–H groups in total. The quantitative estimate of drug-likeness (QED) is 0.889. The summed E-state index contributed by atoms with van der Waals surface area (Å²) in [6, 6.07) is 5.82. The van der Waals surface area contributed by atoms with E-state index in [1.54, 1.807) is 7.11 Å². The Bertz CT molecular complexity index is 411. The second kappa shape index (κ2) is 5.62. The lowest BCUT2D eigenvalue weighted by Gasteiger charge is -2.34. The van der Waals surface area contributed by atoms with Gasteiger partial charge in [-0.05, 0) is 37.0 Å². The van der Waals surface area contributed by atoms with Crippen LogP contribution in [0.5, 0.6) is 5.75 Å². The molecule has 0 spiro atoms. The second-order valence-corrected chi connectivity index (χ2v) is 6.07. The zero-order valence-corrected chi connectivity index (χ0v) is 12.7. The first-order valence-corrected chi connectivity index (χ1v) is 7.44. The van der Waals surface area contributed by atoms with Crippen molar-refractivity contribution in [2.45, 2.75) is 45.1 Å². The van der Waals surface area contributed by atoms with Gasteiger partial charge in [0.25, 0.3) is 0 Å². The fraction of sp³-hybridized carbons (Fsp3) is 0.600. The third-order valence-electron chi connectivity index (χ3n) is 4.39. The zero-order valence-electron chi connectivity index (χ0n) is 11.1. The molecule has 0 heterocycles. The number of hydrogen-bond donors (Lipinski definition) is 1. The van der Waals surface area contributed by atoms with Gasteiger partial charge in [-0.25, -0.2) is 0 Å². The van der Waals surface area contributed by atoms with Crippen LogP contribution in [0.15, 0.2) is 22.7 Å². The molecular formula is C15H21BrO2. The zero-order chi connectivity index (χ0) is 13.2. The van der Waals surface area contributed by atoms with Gasteiger partial charge in [0.1, 0.15) is 5.75 Å². The van der Waals surface area contributed by atoms with Crippen LogP contribution in [0.4, 0.5) is 0 Å². The van der Waals surface area contributed by atoms with Crippen LogP contribution < -0.4 is 4.74 Å². The van der Waals surface area contributed by atoms with E-state index < -0.39 is 0 Å². The van der Waals surface area contributed by atoms with E-state index in [2.05, 4.69) is 22.9 Å². The van der Waals surface area contributed by atoms with Crippen LogP contribution in [0.25, 0.3) is 0 Å². The molecule has 2 rings (SSSR count). The first-order valence-electron chi connectivity index (χ1n) is 6.64. The van der Waals surface area contributed by atoms with Crippen LogP contribution in [0.2, 0.25) is 0 Å². The number of halogens is 1. The Morgan fingerprint density at radius 3 is 2.56 bits per heavy atom. The maximum absolute atomic E-state index is 10.7. The molecule has 2 nitrogen and oxygen atoms in total. The van der Waals surface area contributed by atoms with E-state index in [0.29, 0.717) is 0 Å². The molecule has 1 saturated carbocycles. The molecule has 0 aliphatic heterocycles. The first-order chi connectivity index (χ1) is 8.63. The molecule has 1 fully saturated rings. The smallest absolute Gasteiger partial charge is 0.120 e. The normalized spacial score (nSPS) is 19.8. The molecule has 100 valence electrons. The molecule has 1 aliphatic carbocycles. The van der Waals surface area contributed by atoms with Crippen molar-refractivity contribution in [3.8, 4) is 5.75 Å². The van der Waals surface area contributed by atoms with Gasteiger partial charge in [0.2, 0.25) is 0 Å². The number of ether oxygens (including phenoxy) is 1. The largest absolute Gasteiger partial charge is 0.497 e. The molecule has 3 heteroatoms. The minimum absolute atomic E-state index is 0.0666. The summed E-state index contributed by atoms with van der Waals surface area (Å²) in [5.74, 6) is 0.815. The van der Waals surface area contributed by atoms with E-state index in [1.807, 2.05) is 18.2 Å². The van der Waals surface area contributed by atoms with E-state index in [9.17, 15) is 5.11 Å². The van der Waals surface area contributed by atoms with Crippen molar-refractivity contribution in [3.05, 3.63) is 28.2 Å². The summed E-state index contributed by atoms with van der Waals surface area (Å²) in [4.78, 5) is 0. The standard InChI is InChI=1S/C15H21BrO2/c1-3-15(8-4-5-9-15)14(17)12-7-6-11(18-2)10-13(12)16/h6-7,10,14,17H,3-5,8-9H2,1-2H3. The van der Waals surface area contributed by atoms with Crippen molar-refractivity contribution in [2.24, 2.45) is 5.41 Å². The molecule has 0 amide bonds. The van der Waals surface area contributed by atoms with Crippen molar-refractivity contribution in [2.75, 3.05) is 7.11 Å². The highest BCUT2D eigenvalue weighted by molar-refractivity contribution is 9.10. The van der Waals surface area contributed by atoms with Crippen LogP contribution in [-0.2, 0) is 0 Å². The SMILES string of the molecule is CCC1(C(O)c2ccc(OC)cc2Br)CCCC1. The average Bonchev–Trinajstić information content (AvgIpc) is 2.87. The molecule has 1 aromatic carbocycles. The number of hydrogen-bond acceptors (Lipinski definition) is 2. The van der Waals surface area contributed by atoms with E-state index in [1.165, 1.54) is 12.8 Å². The Balaban J connectivity index is 2.30. The summed E-state index contributed by atoms with van der Waals surface area (Å²) in [5, 5.41) is 10.7. The van der Waals surface area contributed by atoms with Gasteiger partial charge >= 0.3 is 0 Å². The van der Waals surface area contributed by atoms with Crippen molar-refractivity contribution in [3.63, 3.8) is 0 Å². The molecule has 0 saturated heterocycles. The minimum atomic E-state index is -0.384. The predicted molar refractivity (Wildman–Crippen MR) is 76.8 cm³/mol. The molecular weight excluding hydrogens is 292 g/mol. The minimum Gasteiger partial charge on any atom is -0.497 e. The van der Waals surface area contributed by atoms with Crippen molar-refractivity contribution in [1.82, 2.24) is 0 Å². The highest BCUT2D eigenvalue weighted by Gasteiger charge is 2.40. The molecule has 1 aromatic rings. The average molecular weight is 313 g/mol. The lowest BCUT2D eigenvalue weighted by molar-refractivity contribution is 0.0232. The van der Waals surface area contributed by atoms with Crippen molar-refractivity contribution in [1.29, 1.82) is 0 Å². The maximum atomic E-state index is 10.7. The Hall–Kier alpha value is -0.540. The van der Waals surface area contributed by atoms with Crippen LogP contribution in [0.3, 0.4) is 0 Å². The van der Waals surface area contributed by atoms with Gasteiger partial charge in [-0.1, -0.05) is 41.8 Å². The van der Waals surface area contributed by atoms with Crippen LogP contribution in [0, 0.1) is 5.41 Å². The topological polar surface area (TPSA) is 29.5 Å². The molecule has 0 bridgehead atoms. The number of aliphatic hydroxyl groups excluding tert-OH is 1. The van der Waals surface area contributed by atoms with Gasteiger partial charge in [0.05, 0.1) is 13.2 Å². The second-order valence-electron chi connectivity index (χ2n) is 5.21. The van der Waals surface area contributed by atoms with Gasteiger partial charge in [-0.2, -0.15) is 0 Å². The number of methoxy groups -OCH3 is 1. The summed E-state index contributed by atoms with van der Waals surface area (Å²) in [6.45, 7) is 2.19. The van der Waals surface area contributed by atoms with E-state index >= 15 is 0 Å². The number of rotatable bonds is 4. The van der Waals surface area contributed by atoms with Gasteiger partial charge < -0.3 is 9.84 Å². The lowest BCUT2D eigenvalue weighted by atomic mass is 9.75. The molecule has 1 aliphatic rings. The van der Waals surface area contributed by atoms with E-state index in [-0.39, 0.29) is 11.5 Å². The number of aliphatic hydroxyl groups is 1. The highest BCUT2D eigenvalue weighted by Crippen LogP contribution is 2.51. The van der Waals surface area contributed by atoms with Crippen LogP contribution >= 0.6 is 15.9 Å². The van der Waals surface area contributed by atoms with Gasteiger partial charge in [-0.15, -0.1) is 0 Å². The van der Waals surface area contributed by atoms with Gasteiger partial charge in [0.15, 0.2) is 0 Å². The fourth-order valence-corrected chi connectivity index (χ4v) is 3.66. The summed E-state index contributed by atoms with van der Waals surface area (Å²) in [6.07, 6.45) is 5.38. The Morgan fingerprint density at radius 2 is 2.06 bits per heavy atom. The lowest BCUT2D eigenvalue weighted by Crippen LogP contribution is -2.25. The van der Waals surface area contributed by atoms with Crippen LogP contribution in [-0.4, -0.2) is 12.2 Å². The molecule has 18 heavy (non-hydrogen) atoms. The summed E-state index contributed by atoms with van der Waals surface area (Å²) in [5.41, 5.74) is 1.05. The summed E-state index contributed by atoms with van der Waals surface area (Å²) < 4.78 is 6.13. The predicted octanol–water partition coefficient (Wildman–Crippen LogP) is 4.46. The third kappa shape index (κ3) is 2.43. The summed E-state index contributed by atoms with van der Waals surface area (Å²) in [7, 11) is 1.66. The molecule has 1 unspecified atom stereocenters. The van der Waals surface area contributed by atoms with Crippen molar-refractivity contribution < 1.29 is 9.84 Å². The molecule has 0 aromatic heterocycles. The number of benzene rings is 1. The third-order valence-corrected chi connectivity index (χ3v) is 5.07. The summed E-state index contributed by atoms with van der Waals surface area (Å²) >= 11 is 3.55. The first kappa shape index (κ1) is 13.9. The molecule has 1 atom stereocenters. The fourth-order valence-electron chi connectivity index (χ4n) is 3.09. The Labute approximate surface area is 117 Å². The Morgan fingerprint density at radius 1 is 1.39 bits per heavy atom. The van der Waals surface area contributed by atoms with E-state index in [4.69, 9.17) is 4.74 Å². The highest BCUT2D eigenvalue weighted by atomic mass is 79.9. The Kier molecular flexibility index (Phi) is 4.33. The van der Waals surface area contributed by atoms with Crippen LogP contribution in [0.1, 0.15) is 50.7 Å². The van der Waals surface area contributed by atoms with Gasteiger partial charge in [-0.3, -0.25) is 0 Å². The molecule has 0 radical (unpaired) electrons.